The minimum absolute atomic E-state index is 0.0817. The van der Waals surface area contributed by atoms with Crippen LogP contribution in [0.25, 0.3) is 0 Å². The smallest absolute Gasteiger partial charge is 0.317 e. The Kier molecular flexibility index (Phi) is 6.81. The molecule has 122 valence electrons. The van der Waals surface area contributed by atoms with Crippen molar-refractivity contribution in [3.8, 4) is 0 Å². The number of urea groups is 1. The lowest BCUT2D eigenvalue weighted by Gasteiger charge is -2.34. The first-order chi connectivity index (χ1) is 10.2. The van der Waals surface area contributed by atoms with Gasteiger partial charge in [-0.05, 0) is 43.9 Å². The minimum atomic E-state index is 0.0817. The molecule has 0 aromatic rings. The molecule has 0 unspecified atom stereocenters. The molecule has 2 saturated carbocycles. The summed E-state index contributed by atoms with van der Waals surface area (Å²) in [5, 5.41) is 12.3. The molecule has 0 aromatic carbocycles. The predicted molar refractivity (Wildman–Crippen MR) is 85.2 cm³/mol. The summed E-state index contributed by atoms with van der Waals surface area (Å²) in [6, 6.07) is 0.431. The zero-order chi connectivity index (χ0) is 15.1. The summed E-state index contributed by atoms with van der Waals surface area (Å²) in [4.78, 5) is 14.1. The van der Waals surface area contributed by atoms with E-state index in [1.807, 2.05) is 11.9 Å². The van der Waals surface area contributed by atoms with Gasteiger partial charge in [0, 0.05) is 26.2 Å². The zero-order valence-corrected chi connectivity index (χ0v) is 13.5. The van der Waals surface area contributed by atoms with Crippen LogP contribution < -0.4 is 5.32 Å². The molecule has 0 bridgehead atoms. The summed E-state index contributed by atoms with van der Waals surface area (Å²) in [5.41, 5.74) is 0. The molecule has 0 radical (unpaired) electrons. The van der Waals surface area contributed by atoms with Crippen molar-refractivity contribution < 1.29 is 9.90 Å². The van der Waals surface area contributed by atoms with E-state index < -0.39 is 0 Å². The summed E-state index contributed by atoms with van der Waals surface area (Å²) < 4.78 is 0. The van der Waals surface area contributed by atoms with Crippen molar-refractivity contribution in [3.63, 3.8) is 0 Å². The fraction of sp³-hybridized carbons (Fsp3) is 0.941. The number of aliphatic hydroxyl groups excluding tert-OH is 1. The summed E-state index contributed by atoms with van der Waals surface area (Å²) in [6.07, 6.45) is 12.1. The van der Waals surface area contributed by atoms with Gasteiger partial charge in [-0.25, -0.2) is 4.79 Å². The molecular formula is C17H32N2O2. The fourth-order valence-corrected chi connectivity index (χ4v) is 3.86. The van der Waals surface area contributed by atoms with Gasteiger partial charge in [-0.2, -0.15) is 0 Å². The molecule has 0 saturated heterocycles. The van der Waals surface area contributed by atoms with E-state index in [1.165, 1.54) is 32.1 Å². The Balaban J connectivity index is 1.63. The topological polar surface area (TPSA) is 52.6 Å². The fourth-order valence-electron chi connectivity index (χ4n) is 3.86. The van der Waals surface area contributed by atoms with Gasteiger partial charge in [0.2, 0.25) is 0 Å². The molecule has 2 N–H and O–H groups in total. The van der Waals surface area contributed by atoms with Gasteiger partial charge in [0.15, 0.2) is 0 Å². The molecule has 2 aliphatic carbocycles. The minimum Gasteiger partial charge on any atom is -0.396 e. The van der Waals surface area contributed by atoms with Gasteiger partial charge in [-0.15, -0.1) is 0 Å². The standard InChI is InChI=1S/C17H32N2O2/c1-19(16-9-7-15(13-20)8-10-16)17(21)18-12-11-14-5-3-2-4-6-14/h14-16,20H,2-13H2,1H3,(H,18,21). The van der Waals surface area contributed by atoms with E-state index >= 15 is 0 Å². The summed E-state index contributed by atoms with van der Waals surface area (Å²) in [6.45, 7) is 1.11. The second-order valence-corrected chi connectivity index (χ2v) is 6.99. The highest BCUT2D eigenvalue weighted by molar-refractivity contribution is 5.74. The van der Waals surface area contributed by atoms with Gasteiger partial charge in [0.1, 0.15) is 0 Å². The molecule has 2 rings (SSSR count). The Bertz CT molecular complexity index is 308. The molecule has 4 nitrogen and oxygen atoms in total. The number of nitrogens with one attached hydrogen (secondary N) is 1. The Morgan fingerprint density at radius 3 is 2.33 bits per heavy atom. The third-order valence-electron chi connectivity index (χ3n) is 5.50. The van der Waals surface area contributed by atoms with Crippen LogP contribution in [0.5, 0.6) is 0 Å². The van der Waals surface area contributed by atoms with Crippen LogP contribution in [0.15, 0.2) is 0 Å². The molecular weight excluding hydrogens is 264 g/mol. The van der Waals surface area contributed by atoms with E-state index in [9.17, 15) is 9.90 Å². The van der Waals surface area contributed by atoms with E-state index in [0.29, 0.717) is 18.6 Å². The third kappa shape index (κ3) is 5.17. The second-order valence-electron chi connectivity index (χ2n) is 6.99. The van der Waals surface area contributed by atoms with Crippen LogP contribution in [0.1, 0.15) is 64.2 Å². The summed E-state index contributed by atoms with van der Waals surface area (Å²) in [5.74, 6) is 1.27. The Morgan fingerprint density at radius 1 is 1.05 bits per heavy atom. The maximum absolute atomic E-state index is 12.2. The number of rotatable bonds is 5. The molecule has 4 heteroatoms. The van der Waals surface area contributed by atoms with Gasteiger partial charge < -0.3 is 15.3 Å². The van der Waals surface area contributed by atoms with Crippen LogP contribution in [0.4, 0.5) is 4.79 Å². The van der Waals surface area contributed by atoms with Gasteiger partial charge in [0.05, 0.1) is 0 Å². The lowest BCUT2D eigenvalue weighted by atomic mass is 9.86. The van der Waals surface area contributed by atoms with E-state index in [0.717, 1.165) is 44.6 Å². The van der Waals surface area contributed by atoms with Crippen molar-refractivity contribution in [2.24, 2.45) is 11.8 Å². The van der Waals surface area contributed by atoms with Crippen molar-refractivity contribution in [2.45, 2.75) is 70.3 Å². The molecule has 2 fully saturated rings. The lowest BCUT2D eigenvalue weighted by molar-refractivity contribution is 0.134. The van der Waals surface area contributed by atoms with Crippen LogP contribution in [-0.2, 0) is 0 Å². The number of hydrogen-bond donors (Lipinski definition) is 2. The van der Waals surface area contributed by atoms with Crippen molar-refractivity contribution >= 4 is 6.03 Å². The molecule has 0 heterocycles. The Labute approximate surface area is 129 Å². The SMILES string of the molecule is CN(C(=O)NCCC1CCCCC1)C1CCC(CO)CC1. The monoisotopic (exact) mass is 296 g/mol. The summed E-state index contributed by atoms with van der Waals surface area (Å²) >= 11 is 0. The largest absolute Gasteiger partial charge is 0.396 e. The number of hydrogen-bond acceptors (Lipinski definition) is 2. The first-order valence-electron chi connectivity index (χ1n) is 8.82. The molecule has 2 amide bonds. The average Bonchev–Trinajstić information content (AvgIpc) is 2.55. The maximum atomic E-state index is 12.2. The van der Waals surface area contributed by atoms with Crippen molar-refractivity contribution in [1.82, 2.24) is 10.2 Å². The number of aliphatic hydroxyl groups is 1. The number of amides is 2. The van der Waals surface area contributed by atoms with Crippen molar-refractivity contribution in [1.29, 1.82) is 0 Å². The number of carbonyl (C=O) groups excluding carboxylic acids is 1. The highest BCUT2D eigenvalue weighted by atomic mass is 16.3. The van der Waals surface area contributed by atoms with Gasteiger partial charge >= 0.3 is 6.03 Å². The first-order valence-corrected chi connectivity index (χ1v) is 8.82. The average molecular weight is 296 g/mol. The first kappa shape index (κ1) is 16.6. The van der Waals surface area contributed by atoms with E-state index in [4.69, 9.17) is 0 Å². The van der Waals surface area contributed by atoms with Crippen LogP contribution in [0.3, 0.4) is 0 Å². The van der Waals surface area contributed by atoms with Crippen LogP contribution >= 0.6 is 0 Å². The predicted octanol–water partition coefficient (Wildman–Crippen LogP) is 3.15. The molecule has 0 spiro atoms. The van der Waals surface area contributed by atoms with Crippen LogP contribution in [0.2, 0.25) is 0 Å². The Morgan fingerprint density at radius 2 is 1.71 bits per heavy atom. The van der Waals surface area contributed by atoms with Crippen molar-refractivity contribution in [2.75, 3.05) is 20.2 Å². The number of carbonyl (C=O) groups is 1. The quantitative estimate of drug-likeness (QED) is 0.819. The normalized spacial score (nSPS) is 27.3. The molecule has 0 atom stereocenters. The van der Waals surface area contributed by atoms with Crippen LogP contribution in [-0.4, -0.2) is 42.3 Å². The maximum Gasteiger partial charge on any atom is 0.317 e. The highest BCUT2D eigenvalue weighted by Crippen LogP contribution is 2.27. The zero-order valence-electron chi connectivity index (χ0n) is 13.5. The lowest BCUT2D eigenvalue weighted by Crippen LogP contribution is -2.45. The van der Waals surface area contributed by atoms with Gasteiger partial charge in [-0.3, -0.25) is 0 Å². The Hall–Kier alpha value is -0.770. The third-order valence-corrected chi connectivity index (χ3v) is 5.50. The molecule has 2 aliphatic rings. The van der Waals surface area contributed by atoms with E-state index in [2.05, 4.69) is 5.32 Å². The summed E-state index contributed by atoms with van der Waals surface area (Å²) in [7, 11) is 1.92. The molecule has 0 aliphatic heterocycles. The van der Waals surface area contributed by atoms with Gasteiger partial charge in [-0.1, -0.05) is 32.1 Å². The molecule has 0 aromatic heterocycles. The van der Waals surface area contributed by atoms with E-state index in [1.54, 1.807) is 0 Å². The second kappa shape index (κ2) is 8.62. The highest BCUT2D eigenvalue weighted by Gasteiger charge is 2.26. The van der Waals surface area contributed by atoms with Crippen LogP contribution in [0, 0.1) is 11.8 Å². The van der Waals surface area contributed by atoms with Crippen molar-refractivity contribution in [3.05, 3.63) is 0 Å². The van der Waals surface area contributed by atoms with Gasteiger partial charge in [0.25, 0.3) is 0 Å². The molecule has 21 heavy (non-hydrogen) atoms. The van der Waals surface area contributed by atoms with E-state index in [-0.39, 0.29) is 6.03 Å². The number of nitrogens with zero attached hydrogens (tertiary/aromatic N) is 1.